The Labute approximate surface area is 245 Å². The van der Waals surface area contributed by atoms with Gasteiger partial charge >= 0.3 is 0 Å². The van der Waals surface area contributed by atoms with Gasteiger partial charge in [0.15, 0.2) is 0 Å². The highest BCUT2D eigenvalue weighted by molar-refractivity contribution is 5.94. The van der Waals surface area contributed by atoms with Gasteiger partial charge in [-0.3, -0.25) is 19.2 Å². The number of nitrogens with one attached hydrogen (secondary N) is 4. The van der Waals surface area contributed by atoms with Crippen molar-refractivity contribution >= 4 is 23.6 Å². The molecule has 2 fully saturated rings. The monoisotopic (exact) mass is 567 g/mol. The number of fused-ring (bicyclic) bond motifs is 1. The normalized spacial score (nSPS) is 24.2. The average Bonchev–Trinajstić information content (AvgIpc) is 3.42. The second-order valence-electron chi connectivity index (χ2n) is 12.2. The molecule has 4 N–H and O–H groups in total. The van der Waals surface area contributed by atoms with Gasteiger partial charge in [-0.05, 0) is 76.0 Å². The largest absolute Gasteiger partial charge is 0.351 e. The third kappa shape index (κ3) is 7.87. The van der Waals surface area contributed by atoms with Crippen LogP contribution in [0.4, 0.5) is 0 Å². The summed E-state index contributed by atoms with van der Waals surface area (Å²) >= 11 is 0. The molecule has 4 amide bonds. The van der Waals surface area contributed by atoms with Crippen LogP contribution < -0.4 is 21.3 Å². The van der Waals surface area contributed by atoms with E-state index in [-0.39, 0.29) is 48.2 Å². The SMILES string of the molecule is CCCCC(=O)N[C@H]1C[C@@H](C(=O)N[C@@H]2CCCc3ccccc32)N(C(=O)[C@@H](NC(=O)[C@H](C)NC)C2CCCCC2)C1. The average molecular weight is 568 g/mol. The van der Waals surface area contributed by atoms with Gasteiger partial charge < -0.3 is 26.2 Å². The third-order valence-electron chi connectivity index (χ3n) is 9.21. The van der Waals surface area contributed by atoms with E-state index in [0.717, 1.165) is 69.8 Å². The number of benzene rings is 1. The van der Waals surface area contributed by atoms with E-state index in [1.54, 1.807) is 18.9 Å². The van der Waals surface area contributed by atoms with Crippen LogP contribution in [0, 0.1) is 5.92 Å². The summed E-state index contributed by atoms with van der Waals surface area (Å²) in [6, 6.07) is 5.96. The van der Waals surface area contributed by atoms with E-state index in [4.69, 9.17) is 0 Å². The van der Waals surface area contributed by atoms with Crippen LogP contribution in [0.3, 0.4) is 0 Å². The lowest BCUT2D eigenvalue weighted by atomic mass is 9.83. The topological polar surface area (TPSA) is 120 Å². The van der Waals surface area contributed by atoms with Crippen molar-refractivity contribution in [3.63, 3.8) is 0 Å². The number of unbranched alkanes of at least 4 members (excludes halogenated alkanes) is 1. The summed E-state index contributed by atoms with van der Waals surface area (Å²) in [6.07, 6.45) is 10.3. The first-order valence-corrected chi connectivity index (χ1v) is 15.8. The Hall–Kier alpha value is -2.94. The van der Waals surface area contributed by atoms with Gasteiger partial charge in [0, 0.05) is 19.0 Å². The maximum Gasteiger partial charge on any atom is 0.246 e. The first kappa shape index (κ1) is 31.0. The standard InChI is InChI=1S/C32H49N5O4/c1-4-5-18-28(38)34-24-19-27(31(40)35-26-17-11-15-22-12-9-10-16-25(22)26)37(20-24)32(41)29(23-13-7-6-8-14-23)36-30(39)21(2)33-3/h9-10,12,16,21,23-24,26-27,29,33H,4-8,11,13-15,17-20H2,1-3H3,(H,34,38)(H,35,40)(H,36,39)/t21-,24-,26+,27-,29-/m0/s1. The summed E-state index contributed by atoms with van der Waals surface area (Å²) in [5, 5.41) is 12.3. The highest BCUT2D eigenvalue weighted by Crippen LogP contribution is 2.32. The van der Waals surface area contributed by atoms with Crippen LogP contribution in [0.15, 0.2) is 24.3 Å². The molecule has 1 aliphatic heterocycles. The molecule has 0 unspecified atom stereocenters. The smallest absolute Gasteiger partial charge is 0.246 e. The first-order chi connectivity index (χ1) is 19.8. The number of nitrogens with zero attached hydrogens (tertiary/aromatic N) is 1. The molecule has 1 saturated carbocycles. The fourth-order valence-corrected chi connectivity index (χ4v) is 6.68. The Morgan fingerprint density at radius 2 is 1.76 bits per heavy atom. The molecule has 3 aliphatic rings. The Morgan fingerprint density at radius 3 is 2.49 bits per heavy atom. The molecule has 9 heteroatoms. The van der Waals surface area contributed by atoms with Gasteiger partial charge in [-0.25, -0.2) is 0 Å². The second kappa shape index (κ2) is 14.8. The van der Waals surface area contributed by atoms with Crippen molar-refractivity contribution < 1.29 is 19.2 Å². The molecule has 0 radical (unpaired) electrons. The molecule has 2 aliphatic carbocycles. The molecule has 0 bridgehead atoms. The minimum Gasteiger partial charge on any atom is -0.351 e. The number of carbonyl (C=O) groups excluding carboxylic acids is 4. The molecule has 5 atom stereocenters. The molecule has 1 saturated heterocycles. The Morgan fingerprint density at radius 1 is 1.00 bits per heavy atom. The number of likely N-dealkylation sites (N-methyl/N-ethyl adjacent to an activating group) is 1. The second-order valence-corrected chi connectivity index (χ2v) is 12.2. The number of hydrogen-bond acceptors (Lipinski definition) is 5. The highest BCUT2D eigenvalue weighted by atomic mass is 16.2. The van der Waals surface area contributed by atoms with E-state index in [9.17, 15) is 19.2 Å². The predicted octanol–water partition coefficient (Wildman–Crippen LogP) is 3.13. The maximum atomic E-state index is 14.3. The van der Waals surface area contributed by atoms with Crippen molar-refractivity contribution in [3.8, 4) is 0 Å². The number of aryl methyl sites for hydroxylation is 1. The van der Waals surface area contributed by atoms with E-state index in [1.165, 1.54) is 5.56 Å². The quantitative estimate of drug-likeness (QED) is 0.328. The van der Waals surface area contributed by atoms with E-state index in [2.05, 4.69) is 33.4 Å². The lowest BCUT2D eigenvalue weighted by Gasteiger charge is -2.35. The molecule has 41 heavy (non-hydrogen) atoms. The van der Waals surface area contributed by atoms with Crippen LogP contribution in [0.5, 0.6) is 0 Å². The van der Waals surface area contributed by atoms with E-state index in [1.807, 2.05) is 19.1 Å². The fourth-order valence-electron chi connectivity index (χ4n) is 6.68. The van der Waals surface area contributed by atoms with E-state index < -0.39 is 18.1 Å². The van der Waals surface area contributed by atoms with Crippen LogP contribution in [-0.2, 0) is 25.6 Å². The highest BCUT2D eigenvalue weighted by Gasteiger charge is 2.45. The van der Waals surface area contributed by atoms with Crippen molar-refractivity contribution in [2.45, 2.75) is 121 Å². The Bertz CT molecular complexity index is 1070. The summed E-state index contributed by atoms with van der Waals surface area (Å²) in [6.45, 7) is 4.08. The van der Waals surface area contributed by atoms with Crippen molar-refractivity contribution in [3.05, 3.63) is 35.4 Å². The van der Waals surface area contributed by atoms with Gasteiger partial charge in [-0.15, -0.1) is 0 Å². The lowest BCUT2D eigenvalue weighted by molar-refractivity contribution is -0.143. The zero-order valence-corrected chi connectivity index (χ0v) is 25.0. The molecule has 1 aromatic carbocycles. The molecule has 0 aromatic heterocycles. The Balaban J connectivity index is 1.56. The van der Waals surface area contributed by atoms with Crippen LogP contribution in [0.25, 0.3) is 0 Å². The summed E-state index contributed by atoms with van der Waals surface area (Å²) in [7, 11) is 1.72. The molecule has 0 spiro atoms. The number of rotatable bonds is 11. The van der Waals surface area contributed by atoms with Gasteiger partial charge in [-0.1, -0.05) is 56.9 Å². The van der Waals surface area contributed by atoms with Gasteiger partial charge in [0.05, 0.1) is 12.1 Å². The maximum absolute atomic E-state index is 14.3. The first-order valence-electron chi connectivity index (χ1n) is 15.8. The zero-order chi connectivity index (χ0) is 29.4. The van der Waals surface area contributed by atoms with Gasteiger partial charge in [0.25, 0.3) is 0 Å². The van der Waals surface area contributed by atoms with Crippen LogP contribution in [0.2, 0.25) is 0 Å². The molecular weight excluding hydrogens is 518 g/mol. The fraction of sp³-hybridized carbons (Fsp3) is 0.688. The molecular formula is C32H49N5O4. The summed E-state index contributed by atoms with van der Waals surface area (Å²) in [5.41, 5.74) is 2.39. The van der Waals surface area contributed by atoms with Crippen LogP contribution in [0.1, 0.15) is 102 Å². The summed E-state index contributed by atoms with van der Waals surface area (Å²) < 4.78 is 0. The molecule has 9 nitrogen and oxygen atoms in total. The molecule has 1 aromatic rings. The predicted molar refractivity (Wildman–Crippen MR) is 159 cm³/mol. The number of carbonyl (C=O) groups is 4. The molecule has 226 valence electrons. The summed E-state index contributed by atoms with van der Waals surface area (Å²) in [4.78, 5) is 55.4. The van der Waals surface area contributed by atoms with E-state index >= 15 is 0 Å². The van der Waals surface area contributed by atoms with Crippen LogP contribution in [-0.4, -0.2) is 66.3 Å². The van der Waals surface area contributed by atoms with Crippen molar-refractivity contribution in [1.29, 1.82) is 0 Å². The van der Waals surface area contributed by atoms with Crippen molar-refractivity contribution in [2.24, 2.45) is 5.92 Å². The molecule has 1 heterocycles. The van der Waals surface area contributed by atoms with Gasteiger partial charge in [-0.2, -0.15) is 0 Å². The minimum absolute atomic E-state index is 0.0244. The van der Waals surface area contributed by atoms with Crippen LogP contribution >= 0.6 is 0 Å². The Kier molecular flexibility index (Phi) is 11.2. The third-order valence-corrected chi connectivity index (χ3v) is 9.21. The zero-order valence-electron chi connectivity index (χ0n) is 25.0. The summed E-state index contributed by atoms with van der Waals surface area (Å²) in [5.74, 6) is -0.659. The molecule has 4 rings (SSSR count). The number of amides is 4. The lowest BCUT2D eigenvalue weighted by Crippen LogP contribution is -2.58. The van der Waals surface area contributed by atoms with E-state index in [0.29, 0.717) is 12.8 Å². The van der Waals surface area contributed by atoms with Gasteiger partial charge in [0.1, 0.15) is 12.1 Å². The van der Waals surface area contributed by atoms with Crippen molar-refractivity contribution in [2.75, 3.05) is 13.6 Å². The number of hydrogen-bond donors (Lipinski definition) is 4. The van der Waals surface area contributed by atoms with Crippen molar-refractivity contribution in [1.82, 2.24) is 26.2 Å². The number of likely N-dealkylation sites (tertiary alicyclic amines) is 1. The minimum atomic E-state index is -0.710. The van der Waals surface area contributed by atoms with Gasteiger partial charge in [0.2, 0.25) is 23.6 Å².